The van der Waals surface area contributed by atoms with Gasteiger partial charge in [-0.25, -0.2) is 17.5 Å². The molecule has 0 aromatic carbocycles. The second-order valence-electron chi connectivity index (χ2n) is 6.75. The van der Waals surface area contributed by atoms with Crippen LogP contribution in [0.2, 0.25) is 0 Å². The molecule has 12 heteroatoms. The van der Waals surface area contributed by atoms with Crippen molar-refractivity contribution >= 4 is 22.0 Å². The summed E-state index contributed by atoms with van der Waals surface area (Å²) < 4.78 is 31.7. The molecule has 3 amide bonds. The number of nitrogens with zero attached hydrogens (tertiary/aromatic N) is 2. The van der Waals surface area contributed by atoms with E-state index in [1.165, 1.54) is 31.7 Å². The van der Waals surface area contributed by atoms with Crippen LogP contribution in [0.25, 0.3) is 0 Å². The lowest BCUT2D eigenvalue weighted by atomic mass is 9.99. The number of carbonyl (C=O) groups excluding carboxylic acids is 2. The van der Waals surface area contributed by atoms with Crippen LogP contribution in [0, 0.1) is 23.7 Å². The molecule has 4 N–H and O–H groups in total. The first-order valence-electron chi connectivity index (χ1n) is 9.10. The van der Waals surface area contributed by atoms with E-state index < -0.39 is 46.7 Å². The van der Waals surface area contributed by atoms with Crippen molar-refractivity contribution in [2.75, 3.05) is 13.7 Å². The van der Waals surface area contributed by atoms with Gasteiger partial charge in [-0.15, -0.1) is 6.42 Å². The second-order valence-corrected chi connectivity index (χ2v) is 8.58. The van der Waals surface area contributed by atoms with Gasteiger partial charge in [-0.2, -0.15) is 5.26 Å². The minimum absolute atomic E-state index is 0.0382. The molecule has 0 radical (unpaired) electrons. The summed E-state index contributed by atoms with van der Waals surface area (Å²) in [6.45, 7) is 0.855. The van der Waals surface area contributed by atoms with Crippen molar-refractivity contribution in [1.29, 1.82) is 5.26 Å². The third-order valence-electron chi connectivity index (χ3n) is 4.80. The molecule has 0 saturated carbocycles. The average molecular weight is 444 g/mol. The van der Waals surface area contributed by atoms with Gasteiger partial charge in [0.2, 0.25) is 5.91 Å². The van der Waals surface area contributed by atoms with Gasteiger partial charge < -0.3 is 26.0 Å². The molecule has 3 rings (SSSR count). The Hall–Kier alpha value is -3.74. The molecule has 3 heterocycles. The van der Waals surface area contributed by atoms with Crippen molar-refractivity contribution in [2.45, 2.75) is 25.1 Å². The average Bonchev–Trinajstić information content (AvgIpc) is 2.74. The lowest BCUT2D eigenvalue weighted by Crippen LogP contribution is -2.55. The summed E-state index contributed by atoms with van der Waals surface area (Å²) >= 11 is 0. The zero-order chi connectivity index (χ0) is 22.8. The molecule has 0 spiro atoms. The Morgan fingerprint density at radius 2 is 2.23 bits per heavy atom. The highest BCUT2D eigenvalue weighted by atomic mass is 32.2. The number of sulfonamides is 1. The largest absolute Gasteiger partial charge is 0.383 e. The number of hydrogen-bond donors (Lipinski definition) is 4. The number of allylic oxidation sites excluding steroid dienone is 2. The Kier molecular flexibility index (Phi) is 6.06. The minimum Gasteiger partial charge on any atom is -0.383 e. The van der Waals surface area contributed by atoms with E-state index in [1.807, 2.05) is 6.07 Å². The van der Waals surface area contributed by atoms with E-state index >= 15 is 0 Å². The summed E-state index contributed by atoms with van der Waals surface area (Å²) in [6.07, 6.45) is 10.8. The Morgan fingerprint density at radius 1 is 1.48 bits per heavy atom. The molecule has 0 aromatic heterocycles. The number of terminal acetylenes is 1. The second kappa shape index (κ2) is 8.55. The van der Waals surface area contributed by atoms with Crippen molar-refractivity contribution < 1.29 is 22.7 Å². The number of ether oxygens (including phenoxy) is 1. The Labute approximate surface area is 179 Å². The molecular formula is C19H20N6O5S. The summed E-state index contributed by atoms with van der Waals surface area (Å²) in [4.78, 5) is 25.0. The van der Waals surface area contributed by atoms with E-state index in [4.69, 9.17) is 16.4 Å². The van der Waals surface area contributed by atoms with E-state index in [9.17, 15) is 18.0 Å². The van der Waals surface area contributed by atoms with Crippen molar-refractivity contribution in [3.63, 3.8) is 0 Å². The SMILES string of the molecule is C#C[C@H](NC(=O)CN1C(=O)NC2=C(C(C)NC=C2)S1(=O)=O)C1=CNC(C#N)=CC1OC. The maximum atomic E-state index is 13.0. The van der Waals surface area contributed by atoms with Gasteiger partial charge in [0.25, 0.3) is 10.0 Å². The molecule has 0 bridgehead atoms. The Morgan fingerprint density at radius 3 is 2.87 bits per heavy atom. The highest BCUT2D eigenvalue weighted by Gasteiger charge is 2.42. The summed E-state index contributed by atoms with van der Waals surface area (Å²) in [7, 11) is -2.82. The summed E-state index contributed by atoms with van der Waals surface area (Å²) in [5.74, 6) is 1.60. The molecule has 0 aliphatic carbocycles. The van der Waals surface area contributed by atoms with Crippen LogP contribution in [-0.2, 0) is 19.6 Å². The third kappa shape index (κ3) is 4.12. The summed E-state index contributed by atoms with van der Waals surface area (Å²) in [5, 5.41) is 19.6. The lowest BCUT2D eigenvalue weighted by molar-refractivity contribution is -0.121. The zero-order valence-electron chi connectivity index (χ0n) is 16.7. The first kappa shape index (κ1) is 22.0. The van der Waals surface area contributed by atoms with Crippen LogP contribution in [0.1, 0.15) is 6.92 Å². The van der Waals surface area contributed by atoms with Gasteiger partial charge in [0.1, 0.15) is 35.4 Å². The van der Waals surface area contributed by atoms with Gasteiger partial charge >= 0.3 is 6.03 Å². The number of urea groups is 1. The number of hydrogen-bond acceptors (Lipinski definition) is 8. The number of methoxy groups -OCH3 is 1. The molecule has 0 saturated heterocycles. The fourth-order valence-electron chi connectivity index (χ4n) is 3.31. The Balaban J connectivity index is 1.77. The summed E-state index contributed by atoms with van der Waals surface area (Å²) in [6, 6.07) is -0.563. The monoisotopic (exact) mass is 444 g/mol. The summed E-state index contributed by atoms with van der Waals surface area (Å²) in [5.41, 5.74) is 0.849. The zero-order valence-corrected chi connectivity index (χ0v) is 17.5. The van der Waals surface area contributed by atoms with Crippen LogP contribution < -0.4 is 21.3 Å². The first-order chi connectivity index (χ1) is 14.7. The first-order valence-corrected chi connectivity index (χ1v) is 10.5. The maximum absolute atomic E-state index is 13.0. The molecular weight excluding hydrogens is 424 g/mol. The molecule has 3 atom stereocenters. The van der Waals surface area contributed by atoms with Crippen LogP contribution in [0.15, 0.2) is 46.4 Å². The molecule has 31 heavy (non-hydrogen) atoms. The van der Waals surface area contributed by atoms with Crippen molar-refractivity contribution in [1.82, 2.24) is 25.6 Å². The van der Waals surface area contributed by atoms with E-state index in [2.05, 4.69) is 27.2 Å². The molecule has 2 unspecified atom stereocenters. The highest BCUT2D eigenvalue weighted by Crippen LogP contribution is 2.27. The number of carbonyl (C=O) groups is 2. The van der Waals surface area contributed by atoms with Gasteiger partial charge in [0, 0.05) is 18.9 Å². The van der Waals surface area contributed by atoms with E-state index in [0.717, 1.165) is 0 Å². The van der Waals surface area contributed by atoms with Crippen LogP contribution in [0.4, 0.5) is 4.79 Å². The smallest absolute Gasteiger partial charge is 0.336 e. The minimum atomic E-state index is -4.23. The lowest BCUT2D eigenvalue weighted by Gasteiger charge is -2.34. The number of amides is 3. The van der Waals surface area contributed by atoms with Crippen molar-refractivity contribution in [3.05, 3.63) is 46.4 Å². The van der Waals surface area contributed by atoms with Gasteiger partial charge in [0.05, 0.1) is 11.7 Å². The van der Waals surface area contributed by atoms with E-state index in [1.54, 1.807) is 6.92 Å². The Bertz CT molecular complexity index is 1120. The quantitative estimate of drug-likeness (QED) is 0.398. The van der Waals surface area contributed by atoms with Crippen molar-refractivity contribution in [3.8, 4) is 18.4 Å². The number of nitriles is 1. The topological polar surface area (TPSA) is 153 Å². The number of dihydropyridines is 2. The molecule has 3 aliphatic heterocycles. The van der Waals surface area contributed by atoms with Crippen LogP contribution in [0.5, 0.6) is 0 Å². The molecule has 0 aromatic rings. The van der Waals surface area contributed by atoms with Gasteiger partial charge in [-0.1, -0.05) is 5.92 Å². The fourth-order valence-corrected chi connectivity index (χ4v) is 5.01. The third-order valence-corrected chi connectivity index (χ3v) is 6.80. The van der Waals surface area contributed by atoms with Crippen LogP contribution in [0.3, 0.4) is 0 Å². The van der Waals surface area contributed by atoms with Crippen LogP contribution >= 0.6 is 0 Å². The predicted octanol–water partition coefficient (Wildman–Crippen LogP) is -0.914. The molecule has 11 nitrogen and oxygen atoms in total. The molecule has 3 aliphatic rings. The standard InChI is InChI=1S/C19H20N6O5S/c1-4-14(13-9-22-12(8-20)7-16(13)30-3)23-17(26)10-25-19(27)24-15-5-6-21-11(2)18(15)31(25,28)29/h1,5-7,9,11,14,16,21-22H,10H2,2-3H3,(H,23,26)(H,24,27)/t11?,14-,16?/m0/s1. The normalized spacial score (nSPS) is 24.8. The highest BCUT2D eigenvalue weighted by molar-refractivity contribution is 7.93. The predicted molar refractivity (Wildman–Crippen MR) is 109 cm³/mol. The van der Waals surface area contributed by atoms with Gasteiger partial charge in [-0.3, -0.25) is 4.79 Å². The van der Waals surface area contributed by atoms with E-state index in [0.29, 0.717) is 9.88 Å². The van der Waals surface area contributed by atoms with Crippen LogP contribution in [-0.4, -0.2) is 56.5 Å². The number of nitrogens with one attached hydrogen (secondary N) is 4. The fraction of sp³-hybridized carbons (Fsp3) is 0.316. The molecule has 0 fully saturated rings. The van der Waals surface area contributed by atoms with Crippen molar-refractivity contribution in [2.24, 2.45) is 0 Å². The van der Waals surface area contributed by atoms with E-state index in [-0.39, 0.29) is 16.3 Å². The molecule has 162 valence electrons. The van der Waals surface area contributed by atoms with Gasteiger partial charge in [-0.05, 0) is 25.3 Å². The maximum Gasteiger partial charge on any atom is 0.336 e. The number of rotatable bonds is 5. The van der Waals surface area contributed by atoms with Gasteiger partial charge in [0.15, 0.2) is 0 Å².